The number of hydrogen-bond acceptors (Lipinski definition) is 6. The molecule has 2 rings (SSSR count). The van der Waals surface area contributed by atoms with Crippen LogP contribution in [0.15, 0.2) is 18.2 Å². The van der Waals surface area contributed by atoms with Crippen molar-refractivity contribution in [1.82, 2.24) is 20.1 Å². The lowest BCUT2D eigenvalue weighted by molar-refractivity contribution is 0.0952. The van der Waals surface area contributed by atoms with E-state index in [1.165, 1.54) is 11.3 Å². The molecule has 0 saturated carbocycles. The molecule has 0 spiro atoms. The van der Waals surface area contributed by atoms with Crippen LogP contribution in [-0.4, -0.2) is 73.1 Å². The van der Waals surface area contributed by atoms with Crippen molar-refractivity contribution in [3.8, 4) is 16.3 Å². The number of carbonyl (C=O) groups is 1. The molecule has 0 atom stereocenters. The Kier molecular flexibility index (Phi) is 10.6. The highest BCUT2D eigenvalue weighted by Crippen LogP contribution is 2.35. The second-order valence-electron chi connectivity index (χ2n) is 7.39. The summed E-state index contributed by atoms with van der Waals surface area (Å²) in [6.07, 6.45) is 0. The monoisotopic (exact) mass is 457 g/mol. The van der Waals surface area contributed by atoms with Crippen LogP contribution >= 0.6 is 11.3 Å². The van der Waals surface area contributed by atoms with Gasteiger partial charge in [0.05, 0.1) is 18.9 Å². The Bertz CT molecular complexity index is 914. The first-order valence-electron chi connectivity index (χ1n) is 11.3. The molecule has 2 aromatic rings. The highest BCUT2D eigenvalue weighted by atomic mass is 32.1. The van der Waals surface area contributed by atoms with Crippen LogP contribution in [-0.2, 0) is 0 Å². The number of thiazole rings is 1. The van der Waals surface area contributed by atoms with Crippen LogP contribution in [0.4, 0.5) is 5.69 Å². The van der Waals surface area contributed by atoms with Gasteiger partial charge in [-0.3, -0.25) is 4.79 Å². The van der Waals surface area contributed by atoms with E-state index in [0.29, 0.717) is 35.2 Å². The molecule has 1 amide bonds. The van der Waals surface area contributed by atoms with Gasteiger partial charge >= 0.3 is 0 Å². The minimum absolute atomic E-state index is 0.0971. The summed E-state index contributed by atoms with van der Waals surface area (Å²) in [5, 5.41) is 3.73. The maximum atomic E-state index is 12.6. The summed E-state index contributed by atoms with van der Waals surface area (Å²) in [6.45, 7) is 24.5. The molecule has 8 heteroatoms. The van der Waals surface area contributed by atoms with Crippen LogP contribution in [0.3, 0.4) is 0 Å². The lowest BCUT2D eigenvalue weighted by atomic mass is 10.2. The Morgan fingerprint density at radius 2 is 1.78 bits per heavy atom. The molecule has 0 aliphatic carbocycles. The molecule has 0 radical (unpaired) electrons. The summed E-state index contributed by atoms with van der Waals surface area (Å²) in [5.74, 6) is 0.485. The van der Waals surface area contributed by atoms with Gasteiger partial charge < -0.3 is 19.9 Å². The van der Waals surface area contributed by atoms with Crippen LogP contribution < -0.4 is 10.1 Å². The first-order valence-corrected chi connectivity index (χ1v) is 12.1. The molecule has 1 aromatic heterocycles. The maximum absolute atomic E-state index is 12.6. The van der Waals surface area contributed by atoms with Gasteiger partial charge in [0.1, 0.15) is 15.6 Å². The topological polar surface area (TPSA) is 62.1 Å². The van der Waals surface area contributed by atoms with Crippen LogP contribution in [0.25, 0.3) is 15.4 Å². The second kappa shape index (κ2) is 13.2. The van der Waals surface area contributed by atoms with E-state index in [9.17, 15) is 4.79 Å². The van der Waals surface area contributed by atoms with Crippen LogP contribution in [0.1, 0.15) is 43.1 Å². The van der Waals surface area contributed by atoms with E-state index in [1.807, 2.05) is 19.1 Å². The van der Waals surface area contributed by atoms with Gasteiger partial charge in [-0.05, 0) is 45.2 Å². The SMILES string of the molecule is [C-]#[N+]c1cc(-c2nc(C)c(C(=O)NCCN(CC)CC)s2)ccc1OCCN(CC)CC. The summed E-state index contributed by atoms with van der Waals surface area (Å²) in [6, 6.07) is 5.52. The molecule has 0 fully saturated rings. The minimum Gasteiger partial charge on any atom is -0.503 e. The lowest BCUT2D eigenvalue weighted by Crippen LogP contribution is -2.34. The molecule has 1 heterocycles. The molecule has 1 N–H and O–H groups in total. The molecule has 0 saturated heterocycles. The van der Waals surface area contributed by atoms with Crippen LogP contribution in [0.5, 0.6) is 5.75 Å². The molecule has 7 nitrogen and oxygen atoms in total. The Labute approximate surface area is 196 Å². The van der Waals surface area contributed by atoms with Gasteiger partial charge in [-0.25, -0.2) is 9.83 Å². The van der Waals surface area contributed by atoms with Crippen molar-refractivity contribution >= 4 is 22.9 Å². The number of nitrogens with zero attached hydrogens (tertiary/aromatic N) is 4. The predicted molar refractivity (Wildman–Crippen MR) is 132 cm³/mol. The standard InChI is InChI=1S/C24H35N5O2S/c1-7-28(8-2)14-13-26-23(30)22-18(5)27-24(32-22)19-11-12-21(20(17-19)25-6)31-16-15-29(9-3)10-4/h11-12,17H,7-10,13-16H2,1-5H3,(H,26,30). The van der Waals surface area contributed by atoms with E-state index >= 15 is 0 Å². The molecular weight excluding hydrogens is 422 g/mol. The van der Waals surface area contributed by atoms with E-state index in [-0.39, 0.29) is 5.91 Å². The summed E-state index contributed by atoms with van der Waals surface area (Å²) in [7, 11) is 0. The first kappa shape index (κ1) is 25.8. The molecule has 0 aliphatic heterocycles. The van der Waals surface area contributed by atoms with Gasteiger partial charge in [0, 0.05) is 25.2 Å². The zero-order chi connectivity index (χ0) is 23.5. The number of rotatable bonds is 13. The summed E-state index contributed by atoms with van der Waals surface area (Å²) >= 11 is 1.36. The molecule has 0 bridgehead atoms. The third-order valence-electron chi connectivity index (χ3n) is 5.50. The Morgan fingerprint density at radius 3 is 2.41 bits per heavy atom. The van der Waals surface area contributed by atoms with Gasteiger partial charge in [0.15, 0.2) is 0 Å². The molecule has 32 heavy (non-hydrogen) atoms. The van der Waals surface area contributed by atoms with E-state index in [4.69, 9.17) is 11.3 Å². The fourth-order valence-corrected chi connectivity index (χ4v) is 4.34. The third kappa shape index (κ3) is 7.02. The largest absolute Gasteiger partial charge is 0.503 e. The Hall–Kier alpha value is -2.47. The molecule has 174 valence electrons. The van der Waals surface area contributed by atoms with Crippen molar-refractivity contribution in [1.29, 1.82) is 0 Å². The first-order chi connectivity index (χ1) is 15.5. The number of hydrogen-bond donors (Lipinski definition) is 1. The summed E-state index contributed by atoms with van der Waals surface area (Å²) in [4.78, 5) is 26.0. The maximum Gasteiger partial charge on any atom is 0.263 e. The number of nitrogens with one attached hydrogen (secondary N) is 1. The van der Waals surface area contributed by atoms with Gasteiger partial charge in [-0.2, -0.15) is 0 Å². The van der Waals surface area contributed by atoms with Crippen molar-refractivity contribution in [3.63, 3.8) is 0 Å². The fourth-order valence-electron chi connectivity index (χ4n) is 3.36. The number of benzene rings is 1. The van der Waals surface area contributed by atoms with E-state index < -0.39 is 0 Å². The van der Waals surface area contributed by atoms with Crippen molar-refractivity contribution in [2.75, 3.05) is 52.4 Å². The highest BCUT2D eigenvalue weighted by Gasteiger charge is 2.17. The number of likely N-dealkylation sites (N-methyl/N-ethyl adjacent to an activating group) is 2. The number of carbonyl (C=O) groups excluding carboxylic acids is 1. The zero-order valence-electron chi connectivity index (χ0n) is 19.9. The van der Waals surface area contributed by atoms with Crippen molar-refractivity contribution in [2.45, 2.75) is 34.6 Å². The van der Waals surface area contributed by atoms with Crippen LogP contribution in [0.2, 0.25) is 0 Å². The molecule has 0 unspecified atom stereocenters. The van der Waals surface area contributed by atoms with E-state index in [0.717, 1.165) is 49.8 Å². The summed E-state index contributed by atoms with van der Waals surface area (Å²) in [5.41, 5.74) is 1.98. The molecule has 0 aliphatic rings. The highest BCUT2D eigenvalue weighted by molar-refractivity contribution is 7.17. The number of aryl methyl sites for hydroxylation is 1. The third-order valence-corrected chi connectivity index (χ3v) is 6.70. The number of amides is 1. The van der Waals surface area contributed by atoms with Gasteiger partial charge in [-0.1, -0.05) is 33.8 Å². The van der Waals surface area contributed by atoms with E-state index in [1.54, 1.807) is 6.07 Å². The summed E-state index contributed by atoms with van der Waals surface area (Å²) < 4.78 is 5.86. The minimum atomic E-state index is -0.0971. The van der Waals surface area contributed by atoms with Crippen molar-refractivity contribution in [2.24, 2.45) is 0 Å². The van der Waals surface area contributed by atoms with Gasteiger partial charge in [0.25, 0.3) is 5.91 Å². The van der Waals surface area contributed by atoms with E-state index in [2.05, 4.69) is 52.6 Å². The smallest absolute Gasteiger partial charge is 0.263 e. The Balaban J connectivity index is 2.07. The number of aromatic nitrogens is 1. The average molecular weight is 458 g/mol. The second-order valence-corrected chi connectivity index (χ2v) is 8.39. The average Bonchev–Trinajstić information content (AvgIpc) is 3.21. The lowest BCUT2D eigenvalue weighted by Gasteiger charge is -2.18. The van der Waals surface area contributed by atoms with Gasteiger partial charge in [0.2, 0.25) is 5.69 Å². The van der Waals surface area contributed by atoms with Crippen molar-refractivity contribution < 1.29 is 9.53 Å². The van der Waals surface area contributed by atoms with Gasteiger partial charge in [-0.15, -0.1) is 11.3 Å². The normalized spacial score (nSPS) is 11.1. The van der Waals surface area contributed by atoms with Crippen LogP contribution in [0, 0.1) is 13.5 Å². The zero-order valence-corrected chi connectivity index (χ0v) is 20.7. The Morgan fingerprint density at radius 1 is 1.12 bits per heavy atom. The molecular formula is C24H35N5O2S. The fraction of sp³-hybridized carbons (Fsp3) is 0.542. The quantitative estimate of drug-likeness (QED) is 0.450. The predicted octanol–water partition coefficient (Wildman–Crippen LogP) is 4.46. The molecule has 1 aromatic carbocycles. The van der Waals surface area contributed by atoms with Crippen molar-refractivity contribution in [3.05, 3.63) is 40.2 Å². The number of ether oxygens (including phenoxy) is 1.